The van der Waals surface area contributed by atoms with Crippen LogP contribution in [-0.2, 0) is 0 Å². The van der Waals surface area contributed by atoms with E-state index >= 15 is 0 Å². The molecule has 0 amide bonds. The monoisotopic (exact) mass is 289 g/mol. The molecule has 2 rings (SSSR count). The molecule has 0 saturated carbocycles. The summed E-state index contributed by atoms with van der Waals surface area (Å²) in [6.45, 7) is 1.93. The molecule has 20 heavy (non-hydrogen) atoms. The van der Waals surface area contributed by atoms with Crippen molar-refractivity contribution < 1.29 is 14.7 Å². The van der Waals surface area contributed by atoms with E-state index in [9.17, 15) is 4.79 Å². The van der Waals surface area contributed by atoms with E-state index in [0.29, 0.717) is 10.8 Å². The summed E-state index contributed by atoms with van der Waals surface area (Å²) in [5, 5.41) is 13.3. The third kappa shape index (κ3) is 3.83. The van der Waals surface area contributed by atoms with E-state index in [1.807, 2.05) is 19.1 Å². The standard InChI is InChI=1S/C15H12ClNO3/c1-10-5-11(7-13(16)6-10)9-17-20-14-4-2-3-12(8-14)15(18)19/h2-9H,1H3,(H,18,19)/b17-9-. The van der Waals surface area contributed by atoms with Crippen molar-refractivity contribution in [2.45, 2.75) is 6.92 Å². The van der Waals surface area contributed by atoms with Gasteiger partial charge in [0, 0.05) is 5.02 Å². The summed E-state index contributed by atoms with van der Waals surface area (Å²) in [6, 6.07) is 11.6. The van der Waals surface area contributed by atoms with Gasteiger partial charge in [-0.25, -0.2) is 4.79 Å². The van der Waals surface area contributed by atoms with Crippen molar-refractivity contribution in [1.82, 2.24) is 0 Å². The van der Waals surface area contributed by atoms with Crippen LogP contribution in [-0.4, -0.2) is 17.3 Å². The number of benzene rings is 2. The largest absolute Gasteiger partial charge is 0.478 e. The van der Waals surface area contributed by atoms with Gasteiger partial charge in [0.1, 0.15) is 0 Å². The maximum atomic E-state index is 10.8. The van der Waals surface area contributed by atoms with Crippen LogP contribution in [0.2, 0.25) is 5.02 Å². The SMILES string of the molecule is Cc1cc(Cl)cc(/C=N\Oc2cccc(C(=O)O)c2)c1. The van der Waals surface area contributed by atoms with E-state index in [1.54, 1.807) is 18.2 Å². The van der Waals surface area contributed by atoms with Crippen LogP contribution in [0.25, 0.3) is 0 Å². The molecular weight excluding hydrogens is 278 g/mol. The van der Waals surface area contributed by atoms with Crippen molar-refractivity contribution in [3.8, 4) is 5.75 Å². The quantitative estimate of drug-likeness (QED) is 0.688. The summed E-state index contributed by atoms with van der Waals surface area (Å²) in [7, 11) is 0. The fraction of sp³-hybridized carbons (Fsp3) is 0.0667. The number of carbonyl (C=O) groups is 1. The molecule has 0 atom stereocenters. The van der Waals surface area contributed by atoms with Gasteiger partial charge in [-0.1, -0.05) is 28.9 Å². The number of oxime groups is 1. The number of aryl methyl sites for hydroxylation is 1. The zero-order chi connectivity index (χ0) is 14.5. The smallest absolute Gasteiger partial charge is 0.335 e. The molecule has 4 nitrogen and oxygen atoms in total. The molecule has 0 heterocycles. The van der Waals surface area contributed by atoms with Crippen LogP contribution in [0.4, 0.5) is 0 Å². The first-order valence-electron chi connectivity index (χ1n) is 5.85. The molecule has 0 unspecified atom stereocenters. The molecule has 0 spiro atoms. The van der Waals surface area contributed by atoms with Crippen LogP contribution < -0.4 is 4.84 Å². The van der Waals surface area contributed by atoms with Gasteiger partial charge < -0.3 is 9.94 Å². The lowest BCUT2D eigenvalue weighted by Gasteiger charge is -2.00. The molecule has 0 aromatic heterocycles. The number of carboxylic acids is 1. The highest BCUT2D eigenvalue weighted by atomic mass is 35.5. The highest BCUT2D eigenvalue weighted by molar-refractivity contribution is 6.30. The topological polar surface area (TPSA) is 58.9 Å². The highest BCUT2D eigenvalue weighted by Crippen LogP contribution is 2.15. The summed E-state index contributed by atoms with van der Waals surface area (Å²) in [6.07, 6.45) is 1.52. The fourth-order valence-electron chi connectivity index (χ4n) is 1.67. The molecular formula is C15H12ClNO3. The van der Waals surface area contributed by atoms with Crippen LogP contribution in [0.1, 0.15) is 21.5 Å². The minimum Gasteiger partial charge on any atom is -0.478 e. The van der Waals surface area contributed by atoms with Crippen molar-refractivity contribution >= 4 is 23.8 Å². The van der Waals surface area contributed by atoms with Gasteiger partial charge in [0.25, 0.3) is 0 Å². The van der Waals surface area contributed by atoms with Gasteiger partial charge in [-0.2, -0.15) is 0 Å². The van der Waals surface area contributed by atoms with Crippen LogP contribution in [0.15, 0.2) is 47.6 Å². The van der Waals surface area contributed by atoms with Crippen LogP contribution in [0.5, 0.6) is 5.75 Å². The number of hydrogen-bond donors (Lipinski definition) is 1. The third-order valence-electron chi connectivity index (χ3n) is 2.51. The molecule has 0 aliphatic heterocycles. The van der Waals surface area contributed by atoms with E-state index in [-0.39, 0.29) is 5.56 Å². The number of hydrogen-bond acceptors (Lipinski definition) is 3. The van der Waals surface area contributed by atoms with Crippen molar-refractivity contribution in [2.24, 2.45) is 5.16 Å². The Bertz CT molecular complexity index is 648. The molecule has 0 radical (unpaired) electrons. The fourth-order valence-corrected chi connectivity index (χ4v) is 1.97. The second-order valence-electron chi connectivity index (χ2n) is 4.22. The van der Waals surface area contributed by atoms with E-state index in [1.165, 1.54) is 18.3 Å². The molecule has 0 fully saturated rings. The van der Waals surface area contributed by atoms with Gasteiger partial charge in [-0.3, -0.25) is 0 Å². The van der Waals surface area contributed by atoms with Crippen LogP contribution >= 0.6 is 11.6 Å². The lowest BCUT2D eigenvalue weighted by atomic mass is 10.1. The van der Waals surface area contributed by atoms with E-state index in [2.05, 4.69) is 5.16 Å². The first-order chi connectivity index (χ1) is 9.54. The Morgan fingerprint density at radius 3 is 2.80 bits per heavy atom. The molecule has 0 saturated heterocycles. The van der Waals surface area contributed by atoms with Crippen LogP contribution in [0, 0.1) is 6.92 Å². The summed E-state index contributed by atoms with van der Waals surface area (Å²) in [4.78, 5) is 16.0. The van der Waals surface area contributed by atoms with Gasteiger partial charge in [-0.05, 0) is 48.4 Å². The van der Waals surface area contributed by atoms with E-state index in [0.717, 1.165) is 11.1 Å². The number of halogens is 1. The maximum absolute atomic E-state index is 10.8. The Hall–Kier alpha value is -2.33. The zero-order valence-corrected chi connectivity index (χ0v) is 11.5. The molecule has 2 aromatic rings. The van der Waals surface area contributed by atoms with E-state index in [4.69, 9.17) is 21.5 Å². The Labute approximate surface area is 121 Å². The molecule has 2 aromatic carbocycles. The second kappa shape index (κ2) is 6.21. The van der Waals surface area contributed by atoms with E-state index < -0.39 is 5.97 Å². The van der Waals surface area contributed by atoms with Gasteiger partial charge in [0.2, 0.25) is 0 Å². The molecule has 1 N–H and O–H groups in total. The Morgan fingerprint density at radius 2 is 2.10 bits per heavy atom. The maximum Gasteiger partial charge on any atom is 0.335 e. The average Bonchev–Trinajstić information content (AvgIpc) is 2.38. The predicted octanol–water partition coefficient (Wildman–Crippen LogP) is 3.76. The Morgan fingerprint density at radius 1 is 1.30 bits per heavy atom. The highest BCUT2D eigenvalue weighted by Gasteiger charge is 2.03. The van der Waals surface area contributed by atoms with Crippen molar-refractivity contribution in [3.05, 3.63) is 64.2 Å². The van der Waals surface area contributed by atoms with Gasteiger partial charge in [0.05, 0.1) is 11.8 Å². The number of aromatic carboxylic acids is 1. The second-order valence-corrected chi connectivity index (χ2v) is 4.66. The number of rotatable bonds is 4. The van der Waals surface area contributed by atoms with Gasteiger partial charge in [0.15, 0.2) is 5.75 Å². The summed E-state index contributed by atoms with van der Waals surface area (Å²) in [5.41, 5.74) is 1.98. The summed E-state index contributed by atoms with van der Waals surface area (Å²) < 4.78 is 0. The number of carboxylic acid groups (broad SMARTS) is 1. The predicted molar refractivity (Wildman–Crippen MR) is 77.8 cm³/mol. The summed E-state index contributed by atoms with van der Waals surface area (Å²) >= 11 is 5.93. The lowest BCUT2D eigenvalue weighted by Crippen LogP contribution is -1.96. The number of nitrogens with zero attached hydrogens (tertiary/aromatic N) is 1. The molecule has 0 aliphatic rings. The average molecular weight is 290 g/mol. The van der Waals surface area contributed by atoms with Crippen molar-refractivity contribution in [2.75, 3.05) is 0 Å². The van der Waals surface area contributed by atoms with Crippen molar-refractivity contribution in [1.29, 1.82) is 0 Å². The van der Waals surface area contributed by atoms with Crippen LogP contribution in [0.3, 0.4) is 0 Å². The van der Waals surface area contributed by atoms with Gasteiger partial charge >= 0.3 is 5.97 Å². The Balaban J connectivity index is 2.09. The molecule has 5 heteroatoms. The molecule has 102 valence electrons. The third-order valence-corrected chi connectivity index (χ3v) is 2.72. The minimum absolute atomic E-state index is 0.149. The molecule has 0 aliphatic carbocycles. The first-order valence-corrected chi connectivity index (χ1v) is 6.23. The molecule has 0 bridgehead atoms. The zero-order valence-electron chi connectivity index (χ0n) is 10.7. The Kier molecular flexibility index (Phi) is 4.38. The lowest BCUT2D eigenvalue weighted by molar-refractivity contribution is 0.0696. The van der Waals surface area contributed by atoms with Crippen molar-refractivity contribution in [3.63, 3.8) is 0 Å². The minimum atomic E-state index is -1.01. The first kappa shape index (κ1) is 14.1. The van der Waals surface area contributed by atoms with Gasteiger partial charge in [-0.15, -0.1) is 0 Å². The summed E-state index contributed by atoms with van der Waals surface area (Å²) in [5.74, 6) is -0.648. The normalized spacial score (nSPS) is 10.7.